The summed E-state index contributed by atoms with van der Waals surface area (Å²) in [5, 5.41) is 3.28. The Morgan fingerprint density at radius 2 is 1.91 bits per heavy atom. The normalized spacial score (nSPS) is 10.3. The van der Waals surface area contributed by atoms with Crippen LogP contribution in [-0.4, -0.2) is 4.98 Å². The van der Waals surface area contributed by atoms with Gasteiger partial charge in [-0.25, -0.2) is 4.39 Å². The van der Waals surface area contributed by atoms with E-state index in [9.17, 15) is 4.39 Å². The highest BCUT2D eigenvalue weighted by molar-refractivity contribution is 5.48. The van der Waals surface area contributed by atoms with Gasteiger partial charge in [0.2, 0.25) is 0 Å². The molecule has 0 saturated heterocycles. The van der Waals surface area contributed by atoms with E-state index in [4.69, 9.17) is 10.5 Å². The molecule has 1 heterocycles. The predicted octanol–water partition coefficient (Wildman–Crippen LogP) is 4.21. The van der Waals surface area contributed by atoms with Crippen molar-refractivity contribution in [2.45, 2.75) is 6.54 Å². The van der Waals surface area contributed by atoms with E-state index in [0.29, 0.717) is 18.0 Å². The van der Waals surface area contributed by atoms with Gasteiger partial charge in [0.25, 0.3) is 0 Å². The van der Waals surface area contributed by atoms with Crippen molar-refractivity contribution >= 4 is 11.4 Å². The van der Waals surface area contributed by atoms with Gasteiger partial charge < -0.3 is 15.8 Å². The third-order valence-corrected chi connectivity index (χ3v) is 3.26. The van der Waals surface area contributed by atoms with Crippen molar-refractivity contribution in [1.82, 2.24) is 4.98 Å². The highest BCUT2D eigenvalue weighted by Crippen LogP contribution is 2.26. The largest absolute Gasteiger partial charge is 0.454 e. The predicted molar refractivity (Wildman–Crippen MR) is 88.9 cm³/mol. The molecule has 0 atom stereocenters. The highest BCUT2D eigenvalue weighted by Gasteiger charge is 2.05. The number of nitrogens with one attached hydrogen (secondary N) is 1. The van der Waals surface area contributed by atoms with Gasteiger partial charge in [0.05, 0.1) is 0 Å². The summed E-state index contributed by atoms with van der Waals surface area (Å²) in [6.45, 7) is 0.681. The Morgan fingerprint density at radius 3 is 2.61 bits per heavy atom. The number of nitrogens with two attached hydrogens (primary N) is 1. The first-order valence-corrected chi connectivity index (χ1v) is 7.16. The van der Waals surface area contributed by atoms with Gasteiger partial charge in [0.1, 0.15) is 5.75 Å². The molecule has 5 heteroatoms. The number of aromatic nitrogens is 1. The molecule has 0 spiro atoms. The number of nitrogen functional groups attached to an aromatic ring is 1. The van der Waals surface area contributed by atoms with E-state index in [1.807, 2.05) is 30.5 Å². The molecule has 116 valence electrons. The maximum absolute atomic E-state index is 13.7. The van der Waals surface area contributed by atoms with Gasteiger partial charge in [-0.15, -0.1) is 0 Å². The van der Waals surface area contributed by atoms with Gasteiger partial charge in [-0.1, -0.05) is 6.07 Å². The number of halogens is 1. The van der Waals surface area contributed by atoms with Crippen LogP contribution in [0.3, 0.4) is 0 Å². The van der Waals surface area contributed by atoms with Crippen LogP contribution in [0.15, 0.2) is 67.0 Å². The summed E-state index contributed by atoms with van der Waals surface area (Å²) in [4.78, 5) is 4.07. The van der Waals surface area contributed by atoms with Crippen molar-refractivity contribution in [2.24, 2.45) is 0 Å². The Labute approximate surface area is 133 Å². The van der Waals surface area contributed by atoms with Crippen LogP contribution in [0.5, 0.6) is 11.5 Å². The number of rotatable bonds is 5. The molecular formula is C18H16FN3O. The Balaban J connectivity index is 1.63. The maximum atomic E-state index is 13.7. The van der Waals surface area contributed by atoms with Crippen LogP contribution in [0.25, 0.3) is 0 Å². The van der Waals surface area contributed by atoms with Crippen LogP contribution in [0.1, 0.15) is 5.56 Å². The van der Waals surface area contributed by atoms with E-state index in [-0.39, 0.29) is 5.75 Å². The van der Waals surface area contributed by atoms with E-state index in [1.54, 1.807) is 24.4 Å². The minimum absolute atomic E-state index is 0.148. The Kier molecular flexibility index (Phi) is 4.38. The maximum Gasteiger partial charge on any atom is 0.167 e. The molecule has 3 N–H and O–H groups in total. The number of anilines is 2. The molecule has 3 rings (SSSR count). The molecule has 0 aliphatic heterocycles. The lowest BCUT2D eigenvalue weighted by atomic mass is 10.2. The SMILES string of the molecule is Nc1ccc(Oc2ccc(NCc3cccnc3)cc2)c(F)c1. The molecule has 4 nitrogen and oxygen atoms in total. The lowest BCUT2D eigenvalue weighted by Gasteiger charge is -2.09. The number of benzene rings is 2. The van der Waals surface area contributed by atoms with Crippen molar-refractivity contribution in [1.29, 1.82) is 0 Å². The molecule has 0 bridgehead atoms. The monoisotopic (exact) mass is 309 g/mol. The summed E-state index contributed by atoms with van der Waals surface area (Å²) in [5.41, 5.74) is 7.92. The number of ether oxygens (including phenoxy) is 1. The van der Waals surface area contributed by atoms with Crippen LogP contribution >= 0.6 is 0 Å². The van der Waals surface area contributed by atoms with Crippen LogP contribution in [-0.2, 0) is 6.54 Å². The third-order valence-electron chi connectivity index (χ3n) is 3.26. The van der Waals surface area contributed by atoms with Crippen LogP contribution in [0.2, 0.25) is 0 Å². The fourth-order valence-electron chi connectivity index (χ4n) is 2.07. The second kappa shape index (κ2) is 6.79. The van der Waals surface area contributed by atoms with E-state index in [1.165, 1.54) is 12.1 Å². The quantitative estimate of drug-likeness (QED) is 0.693. The smallest absolute Gasteiger partial charge is 0.167 e. The molecule has 0 radical (unpaired) electrons. The summed E-state index contributed by atoms with van der Waals surface area (Å²) in [5.74, 6) is 0.222. The number of nitrogens with zero attached hydrogens (tertiary/aromatic N) is 1. The molecule has 23 heavy (non-hydrogen) atoms. The summed E-state index contributed by atoms with van der Waals surface area (Å²) in [7, 11) is 0. The van der Waals surface area contributed by atoms with E-state index in [2.05, 4.69) is 10.3 Å². The van der Waals surface area contributed by atoms with Crippen molar-refractivity contribution in [3.63, 3.8) is 0 Å². The third kappa shape index (κ3) is 3.97. The summed E-state index contributed by atoms with van der Waals surface area (Å²) in [6, 6.07) is 15.6. The van der Waals surface area contributed by atoms with Crippen LogP contribution < -0.4 is 15.8 Å². The second-order valence-electron chi connectivity index (χ2n) is 5.03. The molecule has 0 unspecified atom stereocenters. The molecular weight excluding hydrogens is 293 g/mol. The minimum Gasteiger partial charge on any atom is -0.454 e. The average Bonchev–Trinajstić information content (AvgIpc) is 2.58. The van der Waals surface area contributed by atoms with Crippen molar-refractivity contribution < 1.29 is 9.13 Å². The van der Waals surface area contributed by atoms with Crippen molar-refractivity contribution in [2.75, 3.05) is 11.1 Å². The first kappa shape index (κ1) is 14.8. The summed E-state index contributed by atoms with van der Waals surface area (Å²) < 4.78 is 19.2. The van der Waals surface area contributed by atoms with E-state index < -0.39 is 5.82 Å². The van der Waals surface area contributed by atoms with Crippen LogP contribution in [0.4, 0.5) is 15.8 Å². The molecule has 1 aromatic heterocycles. The summed E-state index contributed by atoms with van der Waals surface area (Å²) >= 11 is 0. The Bertz CT molecular complexity index is 776. The Morgan fingerprint density at radius 1 is 1.09 bits per heavy atom. The van der Waals surface area contributed by atoms with Crippen LogP contribution in [0, 0.1) is 5.82 Å². The van der Waals surface area contributed by atoms with Gasteiger partial charge in [0.15, 0.2) is 11.6 Å². The first-order chi connectivity index (χ1) is 11.2. The average molecular weight is 309 g/mol. The molecule has 0 amide bonds. The molecule has 0 fully saturated rings. The first-order valence-electron chi connectivity index (χ1n) is 7.16. The fourth-order valence-corrected chi connectivity index (χ4v) is 2.07. The van der Waals surface area contributed by atoms with Gasteiger partial charge in [-0.05, 0) is 48.0 Å². The standard InChI is InChI=1S/C18H16FN3O/c19-17-10-14(20)3-8-18(17)23-16-6-4-15(5-7-16)22-12-13-2-1-9-21-11-13/h1-11,22H,12,20H2. The van der Waals surface area contributed by atoms with E-state index >= 15 is 0 Å². The molecule has 0 aliphatic carbocycles. The van der Waals surface area contributed by atoms with Crippen molar-refractivity contribution in [3.8, 4) is 11.5 Å². The van der Waals surface area contributed by atoms with Gasteiger partial charge in [-0.2, -0.15) is 0 Å². The molecule has 0 saturated carbocycles. The minimum atomic E-state index is -0.483. The highest BCUT2D eigenvalue weighted by atomic mass is 19.1. The molecule has 0 aliphatic rings. The zero-order valence-corrected chi connectivity index (χ0v) is 12.4. The lowest BCUT2D eigenvalue weighted by molar-refractivity contribution is 0.442. The number of hydrogen-bond donors (Lipinski definition) is 2. The molecule has 2 aromatic carbocycles. The van der Waals surface area contributed by atoms with Gasteiger partial charge in [0, 0.05) is 36.4 Å². The zero-order valence-electron chi connectivity index (χ0n) is 12.4. The Hall–Kier alpha value is -3.08. The second-order valence-corrected chi connectivity index (χ2v) is 5.03. The fraction of sp³-hybridized carbons (Fsp3) is 0.0556. The number of hydrogen-bond acceptors (Lipinski definition) is 4. The topological polar surface area (TPSA) is 60.2 Å². The van der Waals surface area contributed by atoms with Crippen molar-refractivity contribution in [3.05, 3.63) is 78.4 Å². The lowest BCUT2D eigenvalue weighted by Crippen LogP contribution is -1.99. The number of pyridine rings is 1. The summed E-state index contributed by atoms with van der Waals surface area (Å²) in [6.07, 6.45) is 3.56. The molecule has 3 aromatic rings. The zero-order chi connectivity index (χ0) is 16.1. The van der Waals surface area contributed by atoms with Gasteiger partial charge >= 0.3 is 0 Å². The van der Waals surface area contributed by atoms with E-state index in [0.717, 1.165) is 11.3 Å². The van der Waals surface area contributed by atoms with Gasteiger partial charge in [-0.3, -0.25) is 4.98 Å².